The number of halogens is 1. The van der Waals surface area contributed by atoms with Gasteiger partial charge in [0.25, 0.3) is 0 Å². The number of aliphatic hydroxyl groups is 1. The summed E-state index contributed by atoms with van der Waals surface area (Å²) in [5, 5.41) is 30.9. The van der Waals surface area contributed by atoms with Crippen molar-refractivity contribution in [3.8, 4) is 16.8 Å². The zero-order chi connectivity index (χ0) is 33.6. The van der Waals surface area contributed by atoms with Crippen LogP contribution < -0.4 is 16.0 Å². The number of pyridine rings is 1. The minimum absolute atomic E-state index is 0.109. The van der Waals surface area contributed by atoms with Crippen LogP contribution in [0.5, 0.6) is 0 Å². The number of benzene rings is 2. The Bertz CT molecular complexity index is 1830. The van der Waals surface area contributed by atoms with Gasteiger partial charge in [-0.1, -0.05) is 30.5 Å². The molecule has 2 bridgehead atoms. The lowest BCUT2D eigenvalue weighted by molar-refractivity contribution is -0.142. The molecule has 14 nitrogen and oxygen atoms in total. The van der Waals surface area contributed by atoms with Gasteiger partial charge in [-0.2, -0.15) is 4.68 Å². The summed E-state index contributed by atoms with van der Waals surface area (Å²) in [5.74, 6) is -0.436. The van der Waals surface area contributed by atoms with Gasteiger partial charge in [0.05, 0.1) is 30.6 Å². The largest absolute Gasteiger partial charge is 0.453 e. The number of rotatable bonds is 6. The molecule has 2 aliphatic heterocycles. The predicted molar refractivity (Wildman–Crippen MR) is 178 cm³/mol. The third-order valence-corrected chi connectivity index (χ3v) is 8.49. The summed E-state index contributed by atoms with van der Waals surface area (Å²) in [5.41, 5.74) is 4.68. The van der Waals surface area contributed by atoms with Gasteiger partial charge in [-0.3, -0.25) is 19.9 Å². The number of fused-ring (bicyclic) bond motifs is 4. The van der Waals surface area contributed by atoms with Crippen LogP contribution in [0.3, 0.4) is 0 Å². The van der Waals surface area contributed by atoms with Crippen molar-refractivity contribution >= 4 is 47.0 Å². The number of aliphatic hydroxyl groups excluding tert-OH is 1. The fourth-order valence-electron chi connectivity index (χ4n) is 5.78. The van der Waals surface area contributed by atoms with Crippen molar-refractivity contribution in [1.29, 1.82) is 0 Å². The molecule has 2 aromatic carbocycles. The molecule has 4 heterocycles. The van der Waals surface area contributed by atoms with Gasteiger partial charge in [-0.05, 0) is 77.4 Å². The Morgan fingerprint density at radius 3 is 2.69 bits per heavy atom. The van der Waals surface area contributed by atoms with Crippen molar-refractivity contribution in [2.45, 2.75) is 43.9 Å². The molecule has 2 aliphatic rings. The number of hydrogen-bond acceptors (Lipinski definition) is 10. The monoisotopic (exact) mass is 671 g/mol. The van der Waals surface area contributed by atoms with Gasteiger partial charge in [-0.25, -0.2) is 4.79 Å². The third kappa shape index (κ3) is 7.61. The van der Waals surface area contributed by atoms with E-state index in [0.717, 1.165) is 11.1 Å². The number of nitrogens with zero attached hydrogens (tertiary/aromatic N) is 6. The second-order valence-electron chi connectivity index (χ2n) is 11.6. The number of tetrazole rings is 1. The molecule has 4 aromatic rings. The van der Waals surface area contributed by atoms with Gasteiger partial charge >= 0.3 is 6.09 Å². The topological polar surface area (TPSA) is 176 Å². The molecule has 15 heteroatoms. The van der Waals surface area contributed by atoms with Gasteiger partial charge in [0, 0.05) is 52.9 Å². The average Bonchev–Trinajstić information content (AvgIpc) is 3.61. The van der Waals surface area contributed by atoms with Gasteiger partial charge in [-0.15, -0.1) is 5.10 Å². The maximum absolute atomic E-state index is 13.5. The molecule has 1 fully saturated rings. The fourth-order valence-corrected chi connectivity index (χ4v) is 5.97. The molecule has 248 valence electrons. The van der Waals surface area contributed by atoms with Crippen molar-refractivity contribution in [2.24, 2.45) is 0 Å². The summed E-state index contributed by atoms with van der Waals surface area (Å²) in [4.78, 5) is 45.1. The minimum atomic E-state index is -0.619. The number of ether oxygens (including phenoxy) is 1. The van der Waals surface area contributed by atoms with Crippen LogP contribution in [0.2, 0.25) is 5.02 Å². The summed E-state index contributed by atoms with van der Waals surface area (Å²) < 4.78 is 6.25. The lowest BCUT2D eigenvalue weighted by Gasteiger charge is -2.38. The van der Waals surface area contributed by atoms with Crippen LogP contribution >= 0.6 is 11.6 Å². The number of anilines is 2. The molecule has 0 unspecified atom stereocenters. The van der Waals surface area contributed by atoms with E-state index >= 15 is 0 Å². The first-order valence-corrected chi connectivity index (χ1v) is 15.9. The predicted octanol–water partition coefficient (Wildman–Crippen LogP) is 3.98. The van der Waals surface area contributed by atoms with E-state index in [1.54, 1.807) is 47.5 Å². The first kappa shape index (κ1) is 32.6. The summed E-state index contributed by atoms with van der Waals surface area (Å²) in [7, 11) is 1.28. The van der Waals surface area contributed by atoms with Crippen LogP contribution in [0.25, 0.3) is 22.9 Å². The molecular formula is C33H34ClN9O5. The second kappa shape index (κ2) is 14.6. The second-order valence-corrected chi connectivity index (χ2v) is 12.0. The van der Waals surface area contributed by atoms with Gasteiger partial charge in [0.15, 0.2) is 0 Å². The van der Waals surface area contributed by atoms with Gasteiger partial charge in [0.1, 0.15) is 12.4 Å². The third-order valence-electron chi connectivity index (χ3n) is 8.25. The molecule has 0 aliphatic carbocycles. The highest BCUT2D eigenvalue weighted by Crippen LogP contribution is 2.34. The van der Waals surface area contributed by atoms with Crippen LogP contribution in [0.4, 0.5) is 16.2 Å². The highest BCUT2D eigenvalue weighted by molar-refractivity contribution is 6.30. The number of likely N-dealkylation sites (tertiary alicyclic amines) is 1. The average molecular weight is 672 g/mol. The van der Waals surface area contributed by atoms with Crippen LogP contribution in [0.15, 0.2) is 67.1 Å². The summed E-state index contributed by atoms with van der Waals surface area (Å²) in [6.07, 6.45) is 7.56. The van der Waals surface area contributed by atoms with E-state index in [-0.39, 0.29) is 24.9 Å². The molecule has 4 N–H and O–H groups in total. The molecule has 1 saturated heterocycles. The Morgan fingerprint density at radius 1 is 1.08 bits per heavy atom. The molecule has 6 rings (SSSR count). The molecule has 2 atom stereocenters. The van der Waals surface area contributed by atoms with Gasteiger partial charge in [0.2, 0.25) is 11.8 Å². The van der Waals surface area contributed by atoms with E-state index in [0.29, 0.717) is 59.0 Å². The molecule has 0 radical (unpaired) electrons. The van der Waals surface area contributed by atoms with E-state index in [1.807, 2.05) is 18.2 Å². The first-order chi connectivity index (χ1) is 23.3. The Balaban J connectivity index is 1.29. The number of amides is 3. The maximum atomic E-state index is 13.5. The summed E-state index contributed by atoms with van der Waals surface area (Å²) in [6, 6.07) is 13.3. The number of aromatic nitrogens is 5. The highest BCUT2D eigenvalue weighted by Gasteiger charge is 2.34. The number of nitrogens with one attached hydrogen (secondary N) is 3. The van der Waals surface area contributed by atoms with Crippen LogP contribution in [0, 0.1) is 0 Å². The Hall–Kier alpha value is -5.34. The highest BCUT2D eigenvalue weighted by atomic mass is 35.5. The molecule has 0 saturated carbocycles. The lowest BCUT2D eigenvalue weighted by atomic mass is 9.96. The molecular weight excluding hydrogens is 638 g/mol. The normalized spacial score (nSPS) is 18.0. The van der Waals surface area contributed by atoms with Crippen molar-refractivity contribution in [3.63, 3.8) is 0 Å². The molecule has 2 aromatic heterocycles. The van der Waals surface area contributed by atoms with Crippen LogP contribution in [-0.4, -0.2) is 85.5 Å². The van der Waals surface area contributed by atoms with Crippen molar-refractivity contribution < 1.29 is 24.2 Å². The first-order valence-electron chi connectivity index (χ1n) is 15.5. The standard InChI is InChI=1S/C33H34ClN9O5/c1-48-33(47)37-23-8-9-25-20-12-13-35-29(15-20)26(4-2-3-5-27(38-28(25)16-23)32(46)42-17-24(44)18-42)39-31(45)11-6-21-14-22(34)7-10-30(21)43-19-36-40-41-43/h6-16,19,24,26-27,38,44H,2-5,17-18H2,1H3,(H,37,47)(H,39,45)/b11-6+/t26-,27+/m0/s1. The fraction of sp³-hybridized carbons (Fsp3) is 0.303. The quantitative estimate of drug-likeness (QED) is 0.219. The van der Waals surface area contributed by atoms with E-state index in [9.17, 15) is 19.5 Å². The van der Waals surface area contributed by atoms with Crippen molar-refractivity contribution in [2.75, 3.05) is 30.8 Å². The smallest absolute Gasteiger partial charge is 0.411 e. The maximum Gasteiger partial charge on any atom is 0.411 e. The lowest BCUT2D eigenvalue weighted by Crippen LogP contribution is -2.57. The molecule has 3 amide bonds. The van der Waals surface area contributed by atoms with Crippen molar-refractivity contribution in [1.82, 2.24) is 35.4 Å². The minimum Gasteiger partial charge on any atom is -0.453 e. The Kier molecular flexibility index (Phi) is 9.92. The van der Waals surface area contributed by atoms with Crippen LogP contribution in [0.1, 0.15) is 43.0 Å². The zero-order valence-electron chi connectivity index (χ0n) is 26.0. The number of hydrogen-bond donors (Lipinski definition) is 4. The summed E-state index contributed by atoms with van der Waals surface area (Å²) >= 11 is 6.25. The van der Waals surface area contributed by atoms with E-state index < -0.39 is 24.3 Å². The van der Waals surface area contributed by atoms with Gasteiger partial charge < -0.3 is 25.4 Å². The van der Waals surface area contributed by atoms with E-state index in [1.165, 1.54) is 24.2 Å². The number of methoxy groups -OCH3 is 1. The van der Waals surface area contributed by atoms with E-state index in [2.05, 4.69) is 36.5 Å². The Labute approximate surface area is 281 Å². The number of β-amino-alcohol motifs (C(OH)–C–C–N with tert-alkyl or cyclic N) is 1. The molecule has 0 spiro atoms. The van der Waals surface area contributed by atoms with E-state index in [4.69, 9.17) is 16.3 Å². The Morgan fingerprint density at radius 2 is 1.92 bits per heavy atom. The summed E-state index contributed by atoms with van der Waals surface area (Å²) in [6.45, 7) is 0.574. The number of carbonyl (C=O) groups is 3. The number of carbonyl (C=O) groups excluding carboxylic acids is 3. The SMILES string of the molecule is COC(=O)Nc1ccc2c(c1)N[C@@H](C(=O)N1CC(O)C1)CCCC[C@H](NC(=O)/C=C/c1cc(Cl)ccc1-n1cnnn1)c1cc-2ccn1. The zero-order valence-corrected chi connectivity index (χ0v) is 26.8. The molecule has 48 heavy (non-hydrogen) atoms. The van der Waals surface area contributed by atoms with Crippen molar-refractivity contribution in [3.05, 3.63) is 83.4 Å². The van der Waals surface area contributed by atoms with Crippen LogP contribution in [-0.2, 0) is 14.3 Å².